The molecule has 2 aliphatic rings. The Labute approximate surface area is 135 Å². The lowest BCUT2D eigenvalue weighted by Gasteiger charge is -2.31. The second-order valence-corrected chi connectivity index (χ2v) is 6.52. The second kappa shape index (κ2) is 6.16. The van der Waals surface area contributed by atoms with Crippen molar-refractivity contribution in [1.82, 2.24) is 20.2 Å². The fraction of sp³-hybridized carbons (Fsp3) is 0.562. The molecule has 1 saturated carbocycles. The molecule has 0 amide bonds. The Bertz CT molecular complexity index is 656. The van der Waals surface area contributed by atoms with Gasteiger partial charge in [0.15, 0.2) is 5.82 Å². The summed E-state index contributed by atoms with van der Waals surface area (Å²) in [5.41, 5.74) is 6.97. The molecule has 7 heteroatoms. The van der Waals surface area contributed by atoms with Crippen LogP contribution in [0.25, 0.3) is 0 Å². The standard InChI is InChI=1S/C16H23N7/c17-10-11-4-7-23(8-5-11)16-18-6-3-14(20-16)19-15-9-13(21-22-15)12-1-2-12/h3,6,9,11-12H,1-2,4-5,7-8,10,17H2,(H2,18,19,20,21,22). The topological polar surface area (TPSA) is 95.8 Å². The number of piperidine rings is 1. The highest BCUT2D eigenvalue weighted by Crippen LogP contribution is 2.39. The summed E-state index contributed by atoms with van der Waals surface area (Å²) in [6.45, 7) is 2.72. The van der Waals surface area contributed by atoms with E-state index in [-0.39, 0.29) is 0 Å². The van der Waals surface area contributed by atoms with Gasteiger partial charge in [0, 0.05) is 37.0 Å². The van der Waals surface area contributed by atoms with Gasteiger partial charge in [0.2, 0.25) is 5.95 Å². The largest absolute Gasteiger partial charge is 0.341 e. The van der Waals surface area contributed by atoms with Crippen LogP contribution in [0, 0.1) is 5.92 Å². The van der Waals surface area contributed by atoms with Gasteiger partial charge < -0.3 is 16.0 Å². The quantitative estimate of drug-likeness (QED) is 0.781. The average Bonchev–Trinajstić information content (AvgIpc) is 3.35. The highest BCUT2D eigenvalue weighted by Gasteiger charge is 2.25. The molecular formula is C16H23N7. The maximum Gasteiger partial charge on any atom is 0.227 e. The maximum absolute atomic E-state index is 5.76. The number of nitrogens with zero attached hydrogens (tertiary/aromatic N) is 4. The first-order valence-corrected chi connectivity index (χ1v) is 8.42. The Balaban J connectivity index is 1.43. The summed E-state index contributed by atoms with van der Waals surface area (Å²) < 4.78 is 0. The summed E-state index contributed by atoms with van der Waals surface area (Å²) in [6.07, 6.45) is 6.55. The number of aromatic amines is 1. The van der Waals surface area contributed by atoms with Crippen LogP contribution >= 0.6 is 0 Å². The molecular weight excluding hydrogens is 290 g/mol. The average molecular weight is 313 g/mol. The van der Waals surface area contributed by atoms with E-state index in [1.54, 1.807) is 6.20 Å². The molecule has 2 aromatic heterocycles. The third-order valence-electron chi connectivity index (χ3n) is 4.74. The SMILES string of the molecule is NCC1CCN(c2nccc(Nc3cc(C4CC4)[nH]n3)n2)CC1. The molecule has 0 unspecified atom stereocenters. The van der Waals surface area contributed by atoms with Crippen LogP contribution in [0.5, 0.6) is 0 Å². The molecule has 0 atom stereocenters. The normalized spacial score (nSPS) is 19.1. The monoisotopic (exact) mass is 313 g/mol. The first-order chi connectivity index (χ1) is 11.3. The molecule has 2 aromatic rings. The van der Waals surface area contributed by atoms with Crippen LogP contribution in [0.3, 0.4) is 0 Å². The molecule has 0 bridgehead atoms. The van der Waals surface area contributed by atoms with Gasteiger partial charge in [-0.05, 0) is 44.2 Å². The Morgan fingerprint density at radius 2 is 2.04 bits per heavy atom. The van der Waals surface area contributed by atoms with Crippen molar-refractivity contribution in [1.29, 1.82) is 0 Å². The molecule has 0 spiro atoms. The van der Waals surface area contributed by atoms with Crippen LogP contribution in [0.2, 0.25) is 0 Å². The number of nitrogens with two attached hydrogens (primary N) is 1. The number of anilines is 3. The Morgan fingerprint density at radius 1 is 1.22 bits per heavy atom. The number of aromatic nitrogens is 4. The zero-order chi connectivity index (χ0) is 15.6. The van der Waals surface area contributed by atoms with Crippen LogP contribution in [-0.2, 0) is 0 Å². The van der Waals surface area contributed by atoms with E-state index in [0.717, 1.165) is 50.1 Å². The predicted octanol–water partition coefficient (Wildman–Crippen LogP) is 2.00. The van der Waals surface area contributed by atoms with E-state index in [4.69, 9.17) is 5.73 Å². The van der Waals surface area contributed by atoms with Gasteiger partial charge in [-0.15, -0.1) is 0 Å². The highest BCUT2D eigenvalue weighted by molar-refractivity contribution is 5.53. The lowest BCUT2D eigenvalue weighted by Crippen LogP contribution is -2.37. The molecule has 4 N–H and O–H groups in total. The fourth-order valence-electron chi connectivity index (χ4n) is 3.07. The van der Waals surface area contributed by atoms with E-state index in [0.29, 0.717) is 11.8 Å². The van der Waals surface area contributed by atoms with Crippen molar-refractivity contribution in [3.63, 3.8) is 0 Å². The van der Waals surface area contributed by atoms with E-state index in [2.05, 4.69) is 36.4 Å². The molecule has 4 rings (SSSR count). The summed E-state index contributed by atoms with van der Waals surface area (Å²) in [6, 6.07) is 3.95. The summed E-state index contributed by atoms with van der Waals surface area (Å²) in [7, 11) is 0. The lowest BCUT2D eigenvalue weighted by atomic mass is 9.97. The molecule has 122 valence electrons. The number of H-pyrrole nitrogens is 1. The van der Waals surface area contributed by atoms with Crippen molar-refractivity contribution >= 4 is 17.6 Å². The highest BCUT2D eigenvalue weighted by atomic mass is 15.3. The smallest absolute Gasteiger partial charge is 0.227 e. The number of hydrogen-bond donors (Lipinski definition) is 3. The van der Waals surface area contributed by atoms with Crippen molar-refractivity contribution in [3.05, 3.63) is 24.0 Å². The van der Waals surface area contributed by atoms with Crippen LogP contribution in [-0.4, -0.2) is 39.8 Å². The first-order valence-electron chi connectivity index (χ1n) is 8.42. The van der Waals surface area contributed by atoms with Crippen LogP contribution in [0.15, 0.2) is 18.3 Å². The van der Waals surface area contributed by atoms with E-state index in [9.17, 15) is 0 Å². The third kappa shape index (κ3) is 3.29. The van der Waals surface area contributed by atoms with Gasteiger partial charge in [0.05, 0.1) is 0 Å². The molecule has 1 saturated heterocycles. The van der Waals surface area contributed by atoms with Crippen LogP contribution in [0.1, 0.15) is 37.3 Å². The van der Waals surface area contributed by atoms with Crippen molar-refractivity contribution in [2.24, 2.45) is 11.7 Å². The number of nitrogens with one attached hydrogen (secondary N) is 2. The molecule has 7 nitrogen and oxygen atoms in total. The minimum absolute atomic E-state index is 0.637. The third-order valence-corrected chi connectivity index (χ3v) is 4.74. The summed E-state index contributed by atoms with van der Waals surface area (Å²) in [4.78, 5) is 11.3. The predicted molar refractivity (Wildman–Crippen MR) is 89.9 cm³/mol. The van der Waals surface area contributed by atoms with Crippen LogP contribution in [0.4, 0.5) is 17.6 Å². The van der Waals surface area contributed by atoms with Crippen molar-refractivity contribution in [3.8, 4) is 0 Å². The molecule has 0 radical (unpaired) electrons. The van der Waals surface area contributed by atoms with E-state index < -0.39 is 0 Å². The molecule has 23 heavy (non-hydrogen) atoms. The lowest BCUT2D eigenvalue weighted by molar-refractivity contribution is 0.411. The van der Waals surface area contributed by atoms with Crippen molar-refractivity contribution in [2.75, 3.05) is 29.9 Å². The number of rotatable bonds is 5. The fourth-order valence-corrected chi connectivity index (χ4v) is 3.07. The zero-order valence-corrected chi connectivity index (χ0v) is 13.2. The van der Waals surface area contributed by atoms with E-state index in [1.807, 2.05) is 6.07 Å². The minimum atomic E-state index is 0.637. The Hall–Kier alpha value is -2.15. The van der Waals surface area contributed by atoms with E-state index >= 15 is 0 Å². The molecule has 2 fully saturated rings. The Morgan fingerprint density at radius 3 is 2.78 bits per heavy atom. The van der Waals surface area contributed by atoms with Gasteiger partial charge in [-0.1, -0.05) is 0 Å². The van der Waals surface area contributed by atoms with Crippen molar-refractivity contribution < 1.29 is 0 Å². The second-order valence-electron chi connectivity index (χ2n) is 6.52. The zero-order valence-electron chi connectivity index (χ0n) is 13.2. The summed E-state index contributed by atoms with van der Waals surface area (Å²) in [5, 5.41) is 10.7. The first kappa shape index (κ1) is 14.4. The Kier molecular flexibility index (Phi) is 3.87. The molecule has 0 aromatic carbocycles. The van der Waals surface area contributed by atoms with Gasteiger partial charge in [-0.25, -0.2) is 4.98 Å². The van der Waals surface area contributed by atoms with Gasteiger partial charge in [-0.3, -0.25) is 5.10 Å². The van der Waals surface area contributed by atoms with Gasteiger partial charge in [-0.2, -0.15) is 10.1 Å². The molecule has 1 aliphatic carbocycles. The molecule has 3 heterocycles. The molecule has 1 aliphatic heterocycles. The van der Waals surface area contributed by atoms with Crippen LogP contribution < -0.4 is 16.0 Å². The maximum atomic E-state index is 5.76. The van der Waals surface area contributed by atoms with Gasteiger partial charge in [0.1, 0.15) is 5.82 Å². The van der Waals surface area contributed by atoms with Gasteiger partial charge >= 0.3 is 0 Å². The summed E-state index contributed by atoms with van der Waals surface area (Å²) in [5.74, 6) is 3.69. The minimum Gasteiger partial charge on any atom is -0.341 e. The van der Waals surface area contributed by atoms with E-state index in [1.165, 1.54) is 18.5 Å². The van der Waals surface area contributed by atoms with Crippen molar-refractivity contribution in [2.45, 2.75) is 31.6 Å². The number of hydrogen-bond acceptors (Lipinski definition) is 6. The summed E-state index contributed by atoms with van der Waals surface area (Å²) >= 11 is 0. The van der Waals surface area contributed by atoms with Gasteiger partial charge in [0.25, 0.3) is 0 Å².